The topological polar surface area (TPSA) is 148 Å². The minimum absolute atomic E-state index is 0.0228. The summed E-state index contributed by atoms with van der Waals surface area (Å²) in [4.78, 5) is 12.8. The van der Waals surface area contributed by atoms with Crippen LogP contribution < -0.4 is 5.48 Å². The van der Waals surface area contributed by atoms with Gasteiger partial charge in [-0.2, -0.15) is 13.9 Å². The molecule has 1 aliphatic rings. The number of rotatable bonds is 5. The van der Waals surface area contributed by atoms with E-state index in [1.807, 2.05) is 6.07 Å². The van der Waals surface area contributed by atoms with Crippen molar-refractivity contribution in [2.24, 2.45) is 0 Å². The maximum absolute atomic E-state index is 13.2. The van der Waals surface area contributed by atoms with Crippen LogP contribution in [0.4, 0.5) is 0 Å². The summed E-state index contributed by atoms with van der Waals surface area (Å²) in [7, 11) is -7.77. The maximum Gasteiger partial charge on any atom is 0.263 e. The van der Waals surface area contributed by atoms with Crippen LogP contribution in [0.1, 0.15) is 5.56 Å². The van der Waals surface area contributed by atoms with Crippen molar-refractivity contribution in [2.45, 2.75) is 10.3 Å². The lowest BCUT2D eigenvalue weighted by atomic mass is 10.1. The number of sulfonamides is 2. The quantitative estimate of drug-likeness (QED) is 0.475. The zero-order valence-electron chi connectivity index (χ0n) is 15.7. The van der Waals surface area contributed by atoms with Crippen molar-refractivity contribution in [1.29, 1.82) is 5.26 Å². The van der Waals surface area contributed by atoms with Crippen molar-refractivity contribution in [3.63, 3.8) is 0 Å². The number of nitrogens with one attached hydrogen (secondary N) is 1. The number of carbonyl (C=O) groups is 1. The molecule has 1 aromatic heterocycles. The van der Waals surface area contributed by atoms with Crippen LogP contribution in [0.2, 0.25) is 0 Å². The summed E-state index contributed by atoms with van der Waals surface area (Å²) in [6, 6.07) is 10.3. The van der Waals surface area contributed by atoms with E-state index in [0.717, 1.165) is 31.8 Å². The molecular formula is C17H18N4O6S3. The highest BCUT2D eigenvalue weighted by Gasteiger charge is 2.42. The number of carbonyl (C=O) groups excluding carboxylic acids is 1. The molecule has 0 saturated carbocycles. The van der Waals surface area contributed by atoms with Gasteiger partial charge in [0.15, 0.2) is 0 Å². The standard InChI is InChI=1S/C17H18N4O6S3/c1-29(24,25)20-8-9-21(14(11-20)17(22)19-23)30(26,27)16-7-6-15(28-16)13-4-2-12(10-18)3-5-13/h2-7,14,23H,8-9,11H2,1H3,(H,19,22)/t14-/m1/s1. The van der Waals surface area contributed by atoms with Crippen LogP contribution in [0.15, 0.2) is 40.6 Å². The monoisotopic (exact) mass is 470 g/mol. The average Bonchev–Trinajstić information content (AvgIpc) is 3.23. The van der Waals surface area contributed by atoms with E-state index in [9.17, 15) is 21.6 Å². The Hall–Kier alpha value is -2.34. The first-order valence-corrected chi connectivity index (χ1v) is 12.7. The number of hydroxylamine groups is 1. The Morgan fingerprint density at radius 1 is 1.17 bits per heavy atom. The molecule has 0 spiro atoms. The van der Waals surface area contributed by atoms with E-state index in [1.54, 1.807) is 30.3 Å². The Morgan fingerprint density at radius 2 is 1.83 bits per heavy atom. The predicted molar refractivity (Wildman–Crippen MR) is 108 cm³/mol. The molecule has 10 nitrogen and oxygen atoms in total. The second-order valence-corrected chi connectivity index (χ2v) is 11.7. The van der Waals surface area contributed by atoms with Crippen LogP contribution in [0.3, 0.4) is 0 Å². The van der Waals surface area contributed by atoms with Gasteiger partial charge in [0.25, 0.3) is 15.9 Å². The number of piperazine rings is 1. The Morgan fingerprint density at radius 3 is 2.40 bits per heavy atom. The van der Waals surface area contributed by atoms with E-state index in [1.165, 1.54) is 11.5 Å². The molecule has 2 aromatic rings. The molecule has 1 atom stereocenters. The fourth-order valence-corrected chi connectivity index (χ4v) is 6.89. The molecule has 1 aromatic carbocycles. The first-order chi connectivity index (χ1) is 14.1. The van der Waals surface area contributed by atoms with Gasteiger partial charge in [-0.15, -0.1) is 11.3 Å². The maximum atomic E-state index is 13.2. The average molecular weight is 471 g/mol. The van der Waals surface area contributed by atoms with E-state index in [0.29, 0.717) is 10.4 Å². The summed E-state index contributed by atoms with van der Waals surface area (Å²) in [6.45, 7) is -0.753. The van der Waals surface area contributed by atoms with Crippen LogP contribution in [-0.4, -0.2) is 68.5 Å². The highest BCUT2D eigenvalue weighted by Crippen LogP contribution is 2.33. The third kappa shape index (κ3) is 4.38. The lowest BCUT2D eigenvalue weighted by Gasteiger charge is -2.37. The number of hydrogen-bond donors (Lipinski definition) is 2. The normalized spacial score (nSPS) is 18.6. The van der Waals surface area contributed by atoms with Crippen molar-refractivity contribution in [2.75, 3.05) is 25.9 Å². The molecule has 2 N–H and O–H groups in total. The molecule has 0 radical (unpaired) electrons. The van der Waals surface area contributed by atoms with Gasteiger partial charge in [-0.25, -0.2) is 22.3 Å². The number of hydrogen-bond acceptors (Lipinski definition) is 8. The molecule has 2 heterocycles. The Bertz CT molecular complexity index is 1200. The van der Waals surface area contributed by atoms with Gasteiger partial charge in [0.05, 0.1) is 17.9 Å². The fourth-order valence-electron chi connectivity index (χ4n) is 3.06. The number of nitriles is 1. The summed E-state index contributed by atoms with van der Waals surface area (Å²) in [5.74, 6) is -1.02. The SMILES string of the molecule is CS(=O)(=O)N1CCN(S(=O)(=O)c2ccc(-c3ccc(C#N)cc3)s2)[C@@H](C(=O)NO)C1. The summed E-state index contributed by atoms with van der Waals surface area (Å²) in [5.41, 5.74) is 2.62. The molecule has 160 valence electrons. The minimum Gasteiger partial charge on any atom is -0.289 e. The van der Waals surface area contributed by atoms with Crippen molar-refractivity contribution < 1.29 is 26.8 Å². The minimum atomic E-state index is -4.13. The van der Waals surface area contributed by atoms with Gasteiger partial charge in [0, 0.05) is 24.5 Å². The number of thiophene rings is 1. The molecular weight excluding hydrogens is 452 g/mol. The number of amides is 1. The molecule has 13 heteroatoms. The Kier molecular flexibility index (Phi) is 6.27. The van der Waals surface area contributed by atoms with Crippen molar-refractivity contribution in [3.05, 3.63) is 42.0 Å². The van der Waals surface area contributed by atoms with Gasteiger partial charge in [0.1, 0.15) is 10.3 Å². The van der Waals surface area contributed by atoms with Crippen molar-refractivity contribution in [1.82, 2.24) is 14.1 Å². The molecule has 30 heavy (non-hydrogen) atoms. The molecule has 1 amide bonds. The number of benzene rings is 1. The first kappa shape index (κ1) is 22.3. The molecule has 0 unspecified atom stereocenters. The van der Waals surface area contributed by atoms with Gasteiger partial charge in [-0.05, 0) is 29.8 Å². The summed E-state index contributed by atoms with van der Waals surface area (Å²) < 4.78 is 51.9. The van der Waals surface area contributed by atoms with E-state index in [2.05, 4.69) is 0 Å². The highest BCUT2D eigenvalue weighted by atomic mass is 32.2. The molecule has 0 aliphatic carbocycles. The number of nitrogens with zero attached hydrogens (tertiary/aromatic N) is 3. The molecule has 1 saturated heterocycles. The van der Waals surface area contributed by atoms with Gasteiger partial charge >= 0.3 is 0 Å². The molecule has 0 bridgehead atoms. The zero-order valence-corrected chi connectivity index (χ0v) is 18.2. The van der Waals surface area contributed by atoms with E-state index in [4.69, 9.17) is 10.5 Å². The molecule has 1 aliphatic heterocycles. The summed E-state index contributed by atoms with van der Waals surface area (Å²) >= 11 is 0.989. The van der Waals surface area contributed by atoms with Gasteiger partial charge in [0.2, 0.25) is 10.0 Å². The van der Waals surface area contributed by atoms with Crippen molar-refractivity contribution in [3.8, 4) is 16.5 Å². The highest BCUT2D eigenvalue weighted by molar-refractivity contribution is 7.91. The largest absolute Gasteiger partial charge is 0.289 e. The lowest BCUT2D eigenvalue weighted by Crippen LogP contribution is -2.60. The van der Waals surface area contributed by atoms with Gasteiger partial charge < -0.3 is 0 Å². The van der Waals surface area contributed by atoms with E-state index in [-0.39, 0.29) is 17.3 Å². The second-order valence-electron chi connectivity index (χ2n) is 6.54. The van der Waals surface area contributed by atoms with Gasteiger partial charge in [-0.1, -0.05) is 12.1 Å². The second kappa shape index (κ2) is 8.42. The third-order valence-corrected chi connectivity index (χ3v) is 9.40. The van der Waals surface area contributed by atoms with Crippen LogP contribution in [0.5, 0.6) is 0 Å². The molecule has 1 fully saturated rings. The zero-order chi connectivity index (χ0) is 22.1. The van der Waals surface area contributed by atoms with E-state index < -0.39 is 38.5 Å². The fraction of sp³-hybridized carbons (Fsp3) is 0.294. The Balaban J connectivity index is 1.92. The van der Waals surface area contributed by atoms with Crippen LogP contribution in [-0.2, 0) is 24.8 Å². The predicted octanol–water partition coefficient (Wildman–Crippen LogP) is 0.427. The lowest BCUT2D eigenvalue weighted by molar-refractivity contribution is -0.134. The smallest absolute Gasteiger partial charge is 0.263 e. The van der Waals surface area contributed by atoms with Crippen LogP contribution in [0.25, 0.3) is 10.4 Å². The Labute approximate surface area is 178 Å². The van der Waals surface area contributed by atoms with Crippen molar-refractivity contribution >= 4 is 37.3 Å². The molecule has 3 rings (SSSR count). The van der Waals surface area contributed by atoms with Crippen LogP contribution in [0, 0.1) is 11.3 Å². The van der Waals surface area contributed by atoms with Gasteiger partial charge in [-0.3, -0.25) is 10.0 Å². The van der Waals surface area contributed by atoms with Crippen LogP contribution >= 0.6 is 11.3 Å². The van der Waals surface area contributed by atoms with E-state index >= 15 is 0 Å². The summed E-state index contributed by atoms with van der Waals surface area (Å²) in [6.07, 6.45) is 0.966. The third-order valence-electron chi connectivity index (χ3n) is 4.62. The summed E-state index contributed by atoms with van der Waals surface area (Å²) in [5, 5.41) is 17.9. The first-order valence-electron chi connectivity index (χ1n) is 8.59.